The number of nitrogens with one attached hydrogen (secondary N) is 1. The average Bonchev–Trinajstić information content (AvgIpc) is 2.82. The van der Waals surface area contributed by atoms with Gasteiger partial charge in [-0.15, -0.1) is 0 Å². The van der Waals surface area contributed by atoms with Crippen LogP contribution in [-0.4, -0.2) is 18.8 Å². The summed E-state index contributed by atoms with van der Waals surface area (Å²) < 4.78 is 33.6. The number of sulfonamides is 1. The maximum Gasteiger partial charge on any atom is 0.419 e. The van der Waals surface area contributed by atoms with Crippen molar-refractivity contribution in [2.24, 2.45) is 7.05 Å². The lowest BCUT2D eigenvalue weighted by Gasteiger charge is -2.08. The van der Waals surface area contributed by atoms with E-state index in [-0.39, 0.29) is 16.3 Å². The molecule has 1 aromatic heterocycles. The molecule has 3 aromatic rings. The number of aromatic nitrogens is 1. The van der Waals surface area contributed by atoms with Crippen LogP contribution < -0.4 is 10.5 Å². The Hall–Kier alpha value is -2.87. The second-order valence-electron chi connectivity index (χ2n) is 5.30. The SMILES string of the molecule is CC(=O)c1ccc(NS(=O)(=O)c2ccc3c(c2)oc(=O)n3C)cc1. The van der Waals surface area contributed by atoms with E-state index in [1.807, 2.05) is 0 Å². The number of carbonyl (C=O) groups is 1. The van der Waals surface area contributed by atoms with E-state index < -0.39 is 15.8 Å². The number of ketones is 1. The maximum atomic E-state index is 12.5. The fourth-order valence-corrected chi connectivity index (χ4v) is 3.34. The summed E-state index contributed by atoms with van der Waals surface area (Å²) in [7, 11) is -2.31. The predicted molar refractivity (Wildman–Crippen MR) is 88.7 cm³/mol. The van der Waals surface area contributed by atoms with Gasteiger partial charge >= 0.3 is 5.76 Å². The third-order valence-electron chi connectivity index (χ3n) is 3.62. The first-order chi connectivity index (χ1) is 11.3. The molecular weight excluding hydrogens is 332 g/mol. The molecule has 24 heavy (non-hydrogen) atoms. The summed E-state index contributed by atoms with van der Waals surface area (Å²) in [5, 5.41) is 0. The van der Waals surface area contributed by atoms with Gasteiger partial charge in [0.15, 0.2) is 11.4 Å². The lowest BCUT2D eigenvalue weighted by molar-refractivity contribution is 0.101. The number of nitrogens with zero attached hydrogens (tertiary/aromatic N) is 1. The first-order valence-corrected chi connectivity index (χ1v) is 8.50. The van der Waals surface area contributed by atoms with Crippen LogP contribution in [0.4, 0.5) is 5.69 Å². The monoisotopic (exact) mass is 346 g/mol. The zero-order valence-corrected chi connectivity index (χ0v) is 13.8. The third-order valence-corrected chi connectivity index (χ3v) is 5.00. The summed E-state index contributed by atoms with van der Waals surface area (Å²) in [6, 6.07) is 10.3. The van der Waals surface area contributed by atoms with E-state index in [1.54, 1.807) is 12.1 Å². The molecule has 3 rings (SSSR count). The van der Waals surface area contributed by atoms with Crippen LogP contribution in [0.25, 0.3) is 11.1 Å². The highest BCUT2D eigenvalue weighted by atomic mass is 32.2. The number of anilines is 1. The van der Waals surface area contributed by atoms with Gasteiger partial charge in [0.2, 0.25) is 0 Å². The van der Waals surface area contributed by atoms with Gasteiger partial charge in [-0.3, -0.25) is 14.1 Å². The van der Waals surface area contributed by atoms with Crippen LogP contribution in [0.5, 0.6) is 0 Å². The van der Waals surface area contributed by atoms with Crippen molar-refractivity contribution < 1.29 is 17.6 Å². The zero-order valence-electron chi connectivity index (χ0n) is 12.9. The molecule has 124 valence electrons. The number of benzene rings is 2. The first-order valence-electron chi connectivity index (χ1n) is 7.01. The van der Waals surface area contributed by atoms with E-state index in [2.05, 4.69) is 4.72 Å². The predicted octanol–water partition coefficient (Wildman–Crippen LogP) is 2.13. The van der Waals surface area contributed by atoms with Crippen molar-refractivity contribution >= 4 is 32.6 Å². The normalized spacial score (nSPS) is 11.6. The van der Waals surface area contributed by atoms with Crippen LogP contribution in [0.2, 0.25) is 0 Å². The molecule has 0 radical (unpaired) electrons. The zero-order chi connectivity index (χ0) is 17.5. The van der Waals surface area contributed by atoms with Crippen LogP contribution >= 0.6 is 0 Å². The molecule has 0 amide bonds. The molecule has 0 saturated carbocycles. The van der Waals surface area contributed by atoms with Gasteiger partial charge in [0.25, 0.3) is 10.0 Å². The van der Waals surface area contributed by atoms with Crippen molar-refractivity contribution in [3.8, 4) is 0 Å². The van der Waals surface area contributed by atoms with Gasteiger partial charge in [-0.2, -0.15) is 0 Å². The van der Waals surface area contributed by atoms with Crippen molar-refractivity contribution in [3.63, 3.8) is 0 Å². The molecule has 0 bridgehead atoms. The largest absolute Gasteiger partial charge is 0.419 e. The third kappa shape index (κ3) is 2.83. The molecule has 0 saturated heterocycles. The number of Topliss-reactive ketones (excluding diaryl/α,β-unsaturated/α-hetero) is 1. The summed E-state index contributed by atoms with van der Waals surface area (Å²) in [5.74, 6) is -0.665. The van der Waals surface area contributed by atoms with Crippen molar-refractivity contribution in [1.82, 2.24) is 4.57 Å². The Morgan fingerprint density at radius 2 is 1.79 bits per heavy atom. The van der Waals surface area contributed by atoms with E-state index in [9.17, 15) is 18.0 Å². The van der Waals surface area contributed by atoms with Gasteiger partial charge < -0.3 is 4.42 Å². The number of aryl methyl sites for hydroxylation is 1. The van der Waals surface area contributed by atoms with Gasteiger partial charge in [-0.25, -0.2) is 13.2 Å². The molecule has 2 aromatic carbocycles. The van der Waals surface area contributed by atoms with Crippen molar-refractivity contribution in [1.29, 1.82) is 0 Å². The van der Waals surface area contributed by atoms with Gasteiger partial charge in [-0.05, 0) is 43.3 Å². The van der Waals surface area contributed by atoms with Crippen LogP contribution in [0, 0.1) is 0 Å². The minimum Gasteiger partial charge on any atom is -0.408 e. The Labute approximate surface area is 137 Å². The molecule has 0 spiro atoms. The molecule has 0 unspecified atom stereocenters. The van der Waals surface area contributed by atoms with Gasteiger partial charge in [0.1, 0.15) is 0 Å². The molecule has 0 aliphatic heterocycles. The van der Waals surface area contributed by atoms with Gasteiger partial charge in [-0.1, -0.05) is 0 Å². The van der Waals surface area contributed by atoms with E-state index in [4.69, 9.17) is 4.42 Å². The second kappa shape index (κ2) is 5.64. The molecule has 1 N–H and O–H groups in total. The highest BCUT2D eigenvalue weighted by Crippen LogP contribution is 2.21. The Bertz CT molecular complexity index is 1090. The summed E-state index contributed by atoms with van der Waals surface area (Å²) in [4.78, 5) is 22.7. The van der Waals surface area contributed by atoms with Crippen molar-refractivity contribution in [2.45, 2.75) is 11.8 Å². The number of carbonyl (C=O) groups excluding carboxylic acids is 1. The number of fused-ring (bicyclic) bond motifs is 1. The van der Waals surface area contributed by atoms with E-state index >= 15 is 0 Å². The van der Waals surface area contributed by atoms with Crippen LogP contribution in [0.3, 0.4) is 0 Å². The summed E-state index contributed by atoms with van der Waals surface area (Å²) in [6.07, 6.45) is 0. The lowest BCUT2D eigenvalue weighted by Crippen LogP contribution is -2.13. The van der Waals surface area contributed by atoms with E-state index in [0.717, 1.165) is 0 Å². The fourth-order valence-electron chi connectivity index (χ4n) is 2.27. The van der Waals surface area contributed by atoms with E-state index in [1.165, 1.54) is 48.9 Å². The molecule has 0 aliphatic rings. The molecule has 7 nitrogen and oxygen atoms in total. The maximum absolute atomic E-state index is 12.5. The van der Waals surface area contributed by atoms with Crippen molar-refractivity contribution in [2.75, 3.05) is 4.72 Å². The minimum atomic E-state index is -3.85. The molecule has 1 heterocycles. The lowest BCUT2D eigenvalue weighted by atomic mass is 10.1. The second-order valence-corrected chi connectivity index (χ2v) is 6.98. The number of rotatable bonds is 4. The molecule has 0 fully saturated rings. The van der Waals surface area contributed by atoms with Crippen LogP contribution in [0.1, 0.15) is 17.3 Å². The Kier molecular flexibility index (Phi) is 3.76. The molecule has 8 heteroatoms. The Balaban J connectivity index is 1.95. The summed E-state index contributed by atoms with van der Waals surface area (Å²) in [6.45, 7) is 1.43. The highest BCUT2D eigenvalue weighted by Gasteiger charge is 2.17. The number of hydrogen-bond donors (Lipinski definition) is 1. The molecule has 0 aliphatic carbocycles. The molecular formula is C16H14N2O5S. The van der Waals surface area contributed by atoms with Crippen LogP contribution in [-0.2, 0) is 17.1 Å². The highest BCUT2D eigenvalue weighted by molar-refractivity contribution is 7.92. The van der Waals surface area contributed by atoms with Gasteiger partial charge in [0, 0.05) is 24.4 Å². The Morgan fingerprint density at radius 3 is 2.42 bits per heavy atom. The Morgan fingerprint density at radius 1 is 1.12 bits per heavy atom. The summed E-state index contributed by atoms with van der Waals surface area (Å²) >= 11 is 0. The van der Waals surface area contributed by atoms with Crippen LogP contribution in [0.15, 0.2) is 56.6 Å². The van der Waals surface area contributed by atoms with E-state index in [0.29, 0.717) is 16.8 Å². The minimum absolute atomic E-state index is 0.0278. The molecule has 0 atom stereocenters. The van der Waals surface area contributed by atoms with Gasteiger partial charge in [0.05, 0.1) is 10.4 Å². The standard InChI is InChI=1S/C16H14N2O5S/c1-10(19)11-3-5-12(6-4-11)17-24(21,22)13-7-8-14-15(9-13)23-16(20)18(14)2/h3-9,17H,1-2H3. The number of oxazole rings is 1. The smallest absolute Gasteiger partial charge is 0.408 e. The number of hydrogen-bond acceptors (Lipinski definition) is 5. The average molecular weight is 346 g/mol. The fraction of sp³-hybridized carbons (Fsp3) is 0.125. The first kappa shape index (κ1) is 16.0. The topological polar surface area (TPSA) is 98.4 Å². The summed E-state index contributed by atoms with van der Waals surface area (Å²) in [5.41, 5.74) is 1.52. The van der Waals surface area contributed by atoms with Crippen molar-refractivity contribution in [3.05, 3.63) is 58.6 Å². The quantitative estimate of drug-likeness (QED) is 0.730.